The maximum Gasteiger partial charge on any atom is 0.326 e. The molecule has 1 aromatic heterocycles. The van der Waals surface area contributed by atoms with Gasteiger partial charge in [-0.1, -0.05) is 13.8 Å². The van der Waals surface area contributed by atoms with Crippen LogP contribution < -0.4 is 27.4 Å². The van der Waals surface area contributed by atoms with Gasteiger partial charge in [-0.3, -0.25) is 14.4 Å². The zero-order chi connectivity index (χ0) is 26.4. The molecule has 12 nitrogen and oxygen atoms in total. The maximum atomic E-state index is 13.1. The normalized spacial score (nSPS) is 14.6. The Bertz CT molecular complexity index is 806. The van der Waals surface area contributed by atoms with E-state index in [1.54, 1.807) is 25.6 Å². The number of nitrogens with zero attached hydrogens (tertiary/aromatic N) is 1. The average molecular weight is 514 g/mol. The molecule has 9 N–H and O–H groups in total. The summed E-state index contributed by atoms with van der Waals surface area (Å²) in [6.45, 7) is 3.95. The van der Waals surface area contributed by atoms with Crippen molar-refractivity contribution >= 4 is 35.5 Å². The quantitative estimate of drug-likeness (QED) is 0.132. The van der Waals surface area contributed by atoms with Crippen LogP contribution in [0.15, 0.2) is 12.5 Å². The van der Waals surface area contributed by atoms with Crippen molar-refractivity contribution in [2.45, 2.75) is 70.1 Å². The molecule has 0 fully saturated rings. The van der Waals surface area contributed by atoms with Gasteiger partial charge in [0.25, 0.3) is 0 Å². The zero-order valence-electron chi connectivity index (χ0n) is 20.6. The number of unbranched alkanes of at least 4 members (excludes halogenated alkanes) is 1. The van der Waals surface area contributed by atoms with E-state index < -0.39 is 47.9 Å². The summed E-state index contributed by atoms with van der Waals surface area (Å²) in [5.41, 5.74) is 12.0. The number of hydrogen-bond acceptors (Lipinski definition) is 8. The van der Waals surface area contributed by atoms with Crippen molar-refractivity contribution in [3.05, 3.63) is 18.2 Å². The Morgan fingerprint density at radius 3 is 2.29 bits per heavy atom. The molecule has 4 atom stereocenters. The number of carbonyl (C=O) groups excluding carboxylic acids is 3. The molecular formula is C22H39N7O5S. The van der Waals surface area contributed by atoms with Crippen molar-refractivity contribution < 1.29 is 24.3 Å². The largest absolute Gasteiger partial charge is 0.480 e. The average Bonchev–Trinajstić information content (AvgIpc) is 3.32. The van der Waals surface area contributed by atoms with E-state index in [1.807, 2.05) is 6.26 Å². The van der Waals surface area contributed by atoms with Crippen molar-refractivity contribution in [2.24, 2.45) is 17.4 Å². The van der Waals surface area contributed by atoms with Crippen LogP contribution in [0.3, 0.4) is 0 Å². The fourth-order valence-corrected chi connectivity index (χ4v) is 3.77. The number of H-pyrrole nitrogens is 1. The smallest absolute Gasteiger partial charge is 0.326 e. The van der Waals surface area contributed by atoms with Crippen LogP contribution in [-0.2, 0) is 25.6 Å². The van der Waals surface area contributed by atoms with Gasteiger partial charge in [-0.25, -0.2) is 9.78 Å². The highest BCUT2D eigenvalue weighted by atomic mass is 32.2. The summed E-state index contributed by atoms with van der Waals surface area (Å²) in [6.07, 6.45) is 6.74. The monoisotopic (exact) mass is 513 g/mol. The lowest BCUT2D eigenvalue weighted by Crippen LogP contribution is -2.59. The first-order valence-electron chi connectivity index (χ1n) is 11.7. The first kappa shape index (κ1) is 30.4. The number of nitrogens with two attached hydrogens (primary N) is 2. The Labute approximate surface area is 210 Å². The predicted octanol–water partition coefficient (Wildman–Crippen LogP) is -0.643. The summed E-state index contributed by atoms with van der Waals surface area (Å²) in [4.78, 5) is 57.1. The fraction of sp³-hybridized carbons (Fsp3) is 0.682. The Morgan fingerprint density at radius 2 is 1.74 bits per heavy atom. The van der Waals surface area contributed by atoms with E-state index in [-0.39, 0.29) is 18.8 Å². The molecule has 0 aliphatic rings. The summed E-state index contributed by atoms with van der Waals surface area (Å²) in [7, 11) is 0. The molecule has 0 aliphatic heterocycles. The number of aromatic nitrogens is 2. The number of carboxylic acid groups (broad SMARTS) is 1. The van der Waals surface area contributed by atoms with Crippen LogP contribution >= 0.6 is 11.8 Å². The second-order valence-electron chi connectivity index (χ2n) is 8.64. The minimum absolute atomic E-state index is 0.0543. The number of aromatic amines is 1. The highest BCUT2D eigenvalue weighted by Gasteiger charge is 2.32. The molecule has 1 heterocycles. The molecular weight excluding hydrogens is 474 g/mol. The van der Waals surface area contributed by atoms with E-state index >= 15 is 0 Å². The van der Waals surface area contributed by atoms with Gasteiger partial charge in [0.15, 0.2) is 0 Å². The lowest BCUT2D eigenvalue weighted by Gasteiger charge is -2.27. The molecule has 35 heavy (non-hydrogen) atoms. The van der Waals surface area contributed by atoms with E-state index in [2.05, 4.69) is 25.9 Å². The molecule has 0 bridgehead atoms. The van der Waals surface area contributed by atoms with Gasteiger partial charge < -0.3 is 37.5 Å². The second kappa shape index (κ2) is 16.1. The Balaban J connectivity index is 2.97. The highest BCUT2D eigenvalue weighted by Crippen LogP contribution is 2.08. The van der Waals surface area contributed by atoms with Gasteiger partial charge in [-0.2, -0.15) is 11.8 Å². The third-order valence-electron chi connectivity index (χ3n) is 5.39. The van der Waals surface area contributed by atoms with Crippen LogP contribution in [-0.4, -0.2) is 81.5 Å². The topological polar surface area (TPSA) is 205 Å². The number of carbonyl (C=O) groups is 4. The third-order valence-corrected chi connectivity index (χ3v) is 6.03. The summed E-state index contributed by atoms with van der Waals surface area (Å²) < 4.78 is 0. The molecule has 13 heteroatoms. The molecule has 198 valence electrons. The maximum absolute atomic E-state index is 13.1. The van der Waals surface area contributed by atoms with Crippen molar-refractivity contribution in [3.8, 4) is 0 Å². The highest BCUT2D eigenvalue weighted by molar-refractivity contribution is 7.98. The van der Waals surface area contributed by atoms with E-state index in [9.17, 15) is 24.3 Å². The van der Waals surface area contributed by atoms with Crippen molar-refractivity contribution in [1.82, 2.24) is 25.9 Å². The van der Waals surface area contributed by atoms with Gasteiger partial charge in [0.1, 0.15) is 18.1 Å². The van der Waals surface area contributed by atoms with Crippen molar-refractivity contribution in [3.63, 3.8) is 0 Å². The van der Waals surface area contributed by atoms with Gasteiger partial charge in [0.05, 0.1) is 12.4 Å². The number of carboxylic acids is 1. The molecule has 0 saturated heterocycles. The summed E-state index contributed by atoms with van der Waals surface area (Å²) in [5, 5.41) is 17.4. The Morgan fingerprint density at radius 1 is 1.06 bits per heavy atom. The van der Waals surface area contributed by atoms with Crippen LogP contribution in [0, 0.1) is 5.92 Å². The SMILES string of the molecule is CSCCC(N)C(=O)NC(C(=O)NC(Cc1cnc[nH]1)C(=O)NC(CCCCN)C(=O)O)C(C)C. The first-order chi connectivity index (χ1) is 16.6. The van der Waals surface area contributed by atoms with Crippen LogP contribution in [0.25, 0.3) is 0 Å². The predicted molar refractivity (Wildman–Crippen MR) is 134 cm³/mol. The van der Waals surface area contributed by atoms with Crippen LogP contribution in [0.5, 0.6) is 0 Å². The van der Waals surface area contributed by atoms with Crippen molar-refractivity contribution in [1.29, 1.82) is 0 Å². The lowest BCUT2D eigenvalue weighted by atomic mass is 10.0. The second-order valence-corrected chi connectivity index (χ2v) is 9.63. The molecule has 3 amide bonds. The van der Waals surface area contributed by atoms with E-state index in [1.165, 1.54) is 12.5 Å². The number of nitrogens with one attached hydrogen (secondary N) is 4. The standard InChI is InChI=1S/C22H39N7O5S/c1-13(2)18(29-19(30)15(24)7-9-35-3)21(32)28-17(10-14-11-25-12-26-14)20(31)27-16(22(33)34)6-4-5-8-23/h11-13,15-18H,4-10,23-24H2,1-3H3,(H,25,26)(H,27,31)(H,28,32)(H,29,30)(H,33,34). The number of hydrogen-bond donors (Lipinski definition) is 7. The Kier molecular flexibility index (Phi) is 14.0. The number of amides is 3. The summed E-state index contributed by atoms with van der Waals surface area (Å²) >= 11 is 1.57. The van der Waals surface area contributed by atoms with Gasteiger partial charge in [-0.15, -0.1) is 0 Å². The summed E-state index contributed by atoms with van der Waals surface area (Å²) in [5.74, 6) is -2.43. The minimum Gasteiger partial charge on any atom is -0.480 e. The first-order valence-corrected chi connectivity index (χ1v) is 13.1. The van der Waals surface area contributed by atoms with Gasteiger partial charge >= 0.3 is 5.97 Å². The number of thioether (sulfide) groups is 1. The molecule has 4 unspecified atom stereocenters. The zero-order valence-corrected chi connectivity index (χ0v) is 21.4. The van der Waals surface area contributed by atoms with Gasteiger partial charge in [-0.05, 0) is 50.2 Å². The van der Waals surface area contributed by atoms with Crippen LogP contribution in [0.1, 0.15) is 45.2 Å². The molecule has 1 aromatic rings. The molecule has 0 saturated carbocycles. The fourth-order valence-electron chi connectivity index (χ4n) is 3.28. The molecule has 0 radical (unpaired) electrons. The number of imidazole rings is 1. The summed E-state index contributed by atoms with van der Waals surface area (Å²) in [6, 6.07) is -3.90. The van der Waals surface area contributed by atoms with Crippen LogP contribution in [0.2, 0.25) is 0 Å². The Hall–Kier alpha value is -2.64. The number of rotatable bonds is 17. The molecule has 0 spiro atoms. The molecule has 0 aromatic carbocycles. The van der Waals surface area contributed by atoms with Crippen LogP contribution in [0.4, 0.5) is 0 Å². The van der Waals surface area contributed by atoms with Gasteiger partial charge in [0, 0.05) is 18.3 Å². The van der Waals surface area contributed by atoms with E-state index in [0.717, 1.165) is 0 Å². The van der Waals surface area contributed by atoms with Crippen molar-refractivity contribution in [2.75, 3.05) is 18.6 Å². The van der Waals surface area contributed by atoms with E-state index in [0.29, 0.717) is 37.3 Å². The van der Waals surface area contributed by atoms with Gasteiger partial charge in [0.2, 0.25) is 17.7 Å². The third kappa shape index (κ3) is 11.1. The molecule has 1 rings (SSSR count). The number of aliphatic carboxylic acids is 1. The minimum atomic E-state index is -1.17. The molecule has 0 aliphatic carbocycles. The lowest BCUT2D eigenvalue weighted by molar-refractivity contribution is -0.142. The van der Waals surface area contributed by atoms with E-state index in [4.69, 9.17) is 11.5 Å².